The fourth-order valence-corrected chi connectivity index (χ4v) is 3.98. The molecule has 0 heterocycles. The van der Waals surface area contributed by atoms with Crippen LogP contribution in [0.15, 0.2) is 18.2 Å². The van der Waals surface area contributed by atoms with E-state index in [4.69, 9.17) is 4.74 Å². The van der Waals surface area contributed by atoms with Crippen LogP contribution in [-0.4, -0.2) is 35.4 Å². The summed E-state index contributed by atoms with van der Waals surface area (Å²) >= 11 is 0. The van der Waals surface area contributed by atoms with Gasteiger partial charge in [-0.05, 0) is 54.7 Å². The molecule has 5 nitrogen and oxygen atoms in total. The number of aromatic hydroxyl groups is 1. The molecule has 0 unspecified atom stereocenters. The van der Waals surface area contributed by atoms with Crippen molar-refractivity contribution in [3.63, 3.8) is 0 Å². The van der Waals surface area contributed by atoms with Crippen molar-refractivity contribution in [2.24, 2.45) is 17.8 Å². The van der Waals surface area contributed by atoms with Crippen molar-refractivity contribution in [1.29, 1.82) is 0 Å². The first kappa shape index (κ1) is 19.6. The van der Waals surface area contributed by atoms with Crippen molar-refractivity contribution >= 4 is 5.91 Å². The Morgan fingerprint density at radius 2 is 2.12 bits per heavy atom. The van der Waals surface area contributed by atoms with Gasteiger partial charge in [-0.3, -0.25) is 4.79 Å². The smallest absolute Gasteiger partial charge is 0.252 e. The van der Waals surface area contributed by atoms with Gasteiger partial charge < -0.3 is 20.3 Å². The molecule has 140 valence electrons. The Balaban J connectivity index is 1.98. The summed E-state index contributed by atoms with van der Waals surface area (Å²) in [5, 5.41) is 23.6. The molecule has 1 aromatic carbocycles. The number of methoxy groups -OCH3 is 1. The van der Waals surface area contributed by atoms with Crippen LogP contribution in [0.4, 0.5) is 0 Å². The largest absolute Gasteiger partial charge is 0.504 e. The minimum absolute atomic E-state index is 0.00235. The second-order valence-corrected chi connectivity index (χ2v) is 7.67. The molecular formula is C20H31NO4. The molecule has 0 radical (unpaired) electrons. The van der Waals surface area contributed by atoms with Gasteiger partial charge in [-0.15, -0.1) is 0 Å². The minimum Gasteiger partial charge on any atom is -0.504 e. The fraction of sp³-hybridized carbons (Fsp3) is 0.650. The average molecular weight is 349 g/mol. The van der Waals surface area contributed by atoms with Crippen LogP contribution in [0.1, 0.15) is 45.6 Å². The highest BCUT2D eigenvalue weighted by molar-refractivity contribution is 5.85. The fourth-order valence-electron chi connectivity index (χ4n) is 3.98. The summed E-state index contributed by atoms with van der Waals surface area (Å²) in [6.07, 6.45) is 3.08. The number of rotatable bonds is 6. The van der Waals surface area contributed by atoms with Crippen LogP contribution in [0, 0.1) is 17.8 Å². The van der Waals surface area contributed by atoms with Crippen LogP contribution >= 0.6 is 0 Å². The summed E-state index contributed by atoms with van der Waals surface area (Å²) < 4.78 is 5.10. The molecule has 1 fully saturated rings. The molecular weight excluding hydrogens is 318 g/mol. The van der Waals surface area contributed by atoms with Crippen molar-refractivity contribution in [2.75, 3.05) is 13.7 Å². The van der Waals surface area contributed by atoms with E-state index in [1.54, 1.807) is 18.2 Å². The van der Waals surface area contributed by atoms with Gasteiger partial charge in [0.15, 0.2) is 11.5 Å². The van der Waals surface area contributed by atoms with Gasteiger partial charge in [0.2, 0.25) is 0 Å². The number of hydrogen-bond acceptors (Lipinski definition) is 4. The Morgan fingerprint density at radius 1 is 1.40 bits per heavy atom. The van der Waals surface area contributed by atoms with Gasteiger partial charge in [0.1, 0.15) is 5.60 Å². The first-order chi connectivity index (χ1) is 11.8. The van der Waals surface area contributed by atoms with E-state index in [2.05, 4.69) is 26.1 Å². The van der Waals surface area contributed by atoms with Crippen LogP contribution in [0.2, 0.25) is 0 Å². The molecule has 2 rings (SSSR count). The summed E-state index contributed by atoms with van der Waals surface area (Å²) in [7, 11) is 1.51. The first-order valence-electron chi connectivity index (χ1n) is 9.14. The van der Waals surface area contributed by atoms with Gasteiger partial charge in [-0.2, -0.15) is 0 Å². The average Bonchev–Trinajstić information content (AvgIpc) is 2.55. The van der Waals surface area contributed by atoms with Crippen molar-refractivity contribution in [3.05, 3.63) is 23.8 Å². The second kappa shape index (κ2) is 8.09. The van der Waals surface area contributed by atoms with Crippen LogP contribution in [0.5, 0.6) is 11.5 Å². The quantitative estimate of drug-likeness (QED) is 0.738. The third-order valence-electron chi connectivity index (χ3n) is 5.38. The maximum absolute atomic E-state index is 12.7. The maximum Gasteiger partial charge on any atom is 0.252 e. The Kier molecular flexibility index (Phi) is 6.33. The molecule has 1 saturated carbocycles. The Morgan fingerprint density at radius 3 is 2.76 bits per heavy atom. The number of phenols is 1. The van der Waals surface area contributed by atoms with Gasteiger partial charge >= 0.3 is 0 Å². The molecule has 0 aromatic heterocycles. The number of amides is 1. The summed E-state index contributed by atoms with van der Waals surface area (Å²) in [6.45, 7) is 6.68. The summed E-state index contributed by atoms with van der Waals surface area (Å²) in [6, 6.07) is 5.15. The van der Waals surface area contributed by atoms with E-state index in [9.17, 15) is 15.0 Å². The molecule has 5 heteroatoms. The van der Waals surface area contributed by atoms with E-state index >= 15 is 0 Å². The summed E-state index contributed by atoms with van der Waals surface area (Å²) in [5.41, 5.74) is -0.322. The molecule has 1 amide bonds. The lowest BCUT2D eigenvalue weighted by atomic mass is 9.66. The highest BCUT2D eigenvalue weighted by Gasteiger charge is 2.48. The molecule has 0 bridgehead atoms. The zero-order valence-corrected chi connectivity index (χ0v) is 15.7. The predicted octanol–water partition coefficient (Wildman–Crippen LogP) is 2.88. The SMILES string of the molecule is COc1cc(CCNC(=O)[C@]2(O)C[C@H](C)CC[C@H]2C(C)C)ccc1O. The van der Waals surface area contributed by atoms with E-state index in [0.717, 1.165) is 18.4 Å². The van der Waals surface area contributed by atoms with Crippen molar-refractivity contribution in [1.82, 2.24) is 5.32 Å². The zero-order valence-electron chi connectivity index (χ0n) is 15.7. The Labute approximate surface area is 150 Å². The van der Waals surface area contributed by atoms with Gasteiger partial charge in [-0.25, -0.2) is 0 Å². The Bertz CT molecular complexity index is 601. The normalized spacial score (nSPS) is 26.5. The maximum atomic E-state index is 12.7. The van der Waals surface area contributed by atoms with E-state index in [0.29, 0.717) is 31.1 Å². The molecule has 3 atom stereocenters. The van der Waals surface area contributed by atoms with Crippen LogP contribution in [-0.2, 0) is 11.2 Å². The van der Waals surface area contributed by atoms with Crippen LogP contribution in [0.3, 0.4) is 0 Å². The molecule has 3 N–H and O–H groups in total. The first-order valence-corrected chi connectivity index (χ1v) is 9.14. The van der Waals surface area contributed by atoms with Gasteiger partial charge in [-0.1, -0.05) is 33.3 Å². The van der Waals surface area contributed by atoms with Gasteiger partial charge in [0, 0.05) is 6.54 Å². The molecule has 0 aliphatic heterocycles. The third-order valence-corrected chi connectivity index (χ3v) is 5.38. The number of aliphatic hydroxyl groups is 1. The van der Waals surface area contributed by atoms with Crippen LogP contribution in [0.25, 0.3) is 0 Å². The number of phenolic OH excluding ortho intramolecular Hbond substituents is 1. The highest BCUT2D eigenvalue weighted by atomic mass is 16.5. The minimum atomic E-state index is -1.28. The molecule has 1 aliphatic carbocycles. The number of benzene rings is 1. The predicted molar refractivity (Wildman–Crippen MR) is 97.7 cm³/mol. The van der Waals surface area contributed by atoms with Crippen molar-refractivity contribution in [3.8, 4) is 11.5 Å². The van der Waals surface area contributed by atoms with E-state index in [1.807, 2.05) is 0 Å². The summed E-state index contributed by atoms with van der Waals surface area (Å²) in [4.78, 5) is 12.7. The zero-order chi connectivity index (χ0) is 18.6. The number of nitrogens with one attached hydrogen (secondary N) is 1. The van der Waals surface area contributed by atoms with E-state index < -0.39 is 5.60 Å². The number of hydrogen-bond donors (Lipinski definition) is 3. The Hall–Kier alpha value is -1.75. The molecule has 25 heavy (non-hydrogen) atoms. The monoisotopic (exact) mass is 349 g/mol. The lowest BCUT2D eigenvalue weighted by molar-refractivity contribution is -0.155. The summed E-state index contributed by atoms with van der Waals surface area (Å²) in [5.74, 6) is 0.877. The van der Waals surface area contributed by atoms with E-state index in [1.165, 1.54) is 7.11 Å². The van der Waals surface area contributed by atoms with Crippen molar-refractivity contribution < 1.29 is 19.7 Å². The number of carbonyl (C=O) groups is 1. The lowest BCUT2D eigenvalue weighted by Crippen LogP contribution is -2.56. The highest BCUT2D eigenvalue weighted by Crippen LogP contribution is 2.41. The molecule has 1 aromatic rings. The molecule has 1 aliphatic rings. The van der Waals surface area contributed by atoms with Crippen LogP contribution < -0.4 is 10.1 Å². The number of ether oxygens (including phenoxy) is 1. The molecule has 0 spiro atoms. The molecule has 0 saturated heterocycles. The van der Waals surface area contributed by atoms with Gasteiger partial charge in [0.05, 0.1) is 7.11 Å². The van der Waals surface area contributed by atoms with Gasteiger partial charge in [0.25, 0.3) is 5.91 Å². The number of carbonyl (C=O) groups excluding carboxylic acids is 1. The standard InChI is InChI=1S/C20H31NO4/c1-13(2)16-7-5-14(3)12-20(16,24)19(23)21-10-9-15-6-8-17(22)18(11-15)25-4/h6,8,11,13-14,16,22,24H,5,7,9-10,12H2,1-4H3,(H,21,23)/t14-,16+,20+/m1/s1. The second-order valence-electron chi connectivity index (χ2n) is 7.67. The third kappa shape index (κ3) is 4.46. The van der Waals surface area contributed by atoms with Crippen molar-refractivity contribution in [2.45, 2.75) is 52.1 Å². The lowest BCUT2D eigenvalue weighted by Gasteiger charge is -2.43. The van der Waals surface area contributed by atoms with E-state index in [-0.39, 0.29) is 23.5 Å². The topological polar surface area (TPSA) is 78.8 Å².